The molecule has 0 bridgehead atoms. The molecule has 0 aliphatic carbocycles. The van der Waals surface area contributed by atoms with Gasteiger partial charge in [0, 0.05) is 41.9 Å². The number of nitrogens with zero attached hydrogens (tertiary/aromatic N) is 6. The van der Waals surface area contributed by atoms with Crippen molar-refractivity contribution in [2.24, 2.45) is 5.41 Å². The van der Waals surface area contributed by atoms with Crippen LogP contribution < -0.4 is 15.4 Å². The average Bonchev–Trinajstić information content (AvgIpc) is 3.04. The molecule has 9 nitrogen and oxygen atoms in total. The lowest BCUT2D eigenvalue weighted by atomic mass is 9.78. The van der Waals surface area contributed by atoms with Gasteiger partial charge in [-0.25, -0.2) is 4.98 Å². The summed E-state index contributed by atoms with van der Waals surface area (Å²) in [4.78, 5) is 40.0. The van der Waals surface area contributed by atoms with E-state index in [-0.39, 0.29) is 22.6 Å². The number of aryl methyl sites for hydroxylation is 1. The fraction of sp³-hybridized carbons (Fsp3) is 0.450. The minimum absolute atomic E-state index is 0.117. The number of carbonyl (C=O) groups is 1. The highest BCUT2D eigenvalue weighted by atomic mass is 32.1. The fourth-order valence-corrected chi connectivity index (χ4v) is 5.47. The van der Waals surface area contributed by atoms with Gasteiger partial charge in [0.2, 0.25) is 0 Å². The second-order valence-electron chi connectivity index (χ2n) is 8.65. The maximum absolute atomic E-state index is 12.8. The van der Waals surface area contributed by atoms with Crippen LogP contribution in [0.2, 0.25) is 0 Å². The zero-order chi connectivity index (χ0) is 21.3. The summed E-state index contributed by atoms with van der Waals surface area (Å²) in [6.45, 7) is 6.04. The van der Waals surface area contributed by atoms with Crippen molar-refractivity contribution in [3.63, 3.8) is 0 Å². The van der Waals surface area contributed by atoms with Gasteiger partial charge < -0.3 is 14.5 Å². The van der Waals surface area contributed by atoms with Crippen LogP contribution in [0.1, 0.15) is 26.6 Å². The molecule has 3 aromatic rings. The molecular weight excluding hydrogens is 415 g/mol. The highest BCUT2D eigenvalue weighted by Crippen LogP contribution is 2.38. The van der Waals surface area contributed by atoms with Crippen molar-refractivity contribution in [2.45, 2.75) is 19.9 Å². The molecule has 3 aromatic heterocycles. The average molecular weight is 434 g/mol. The van der Waals surface area contributed by atoms with Crippen molar-refractivity contribution < 1.29 is 9.53 Å². The number of aromatic nitrogens is 4. The molecule has 0 atom stereocenters. The third-order valence-corrected chi connectivity index (χ3v) is 7.15. The first-order chi connectivity index (χ1) is 14.9. The topological polar surface area (TPSA) is 92.9 Å². The molecule has 0 aromatic carbocycles. The highest BCUT2D eigenvalue weighted by molar-refractivity contribution is 7.19. The van der Waals surface area contributed by atoms with E-state index in [4.69, 9.17) is 12.6 Å². The second-order valence-corrected chi connectivity index (χ2v) is 9.76. The lowest BCUT2D eigenvalue weighted by molar-refractivity contribution is -0.176. The van der Waals surface area contributed by atoms with Gasteiger partial charge in [-0.2, -0.15) is 4.52 Å². The molecule has 2 fully saturated rings. The van der Waals surface area contributed by atoms with Crippen molar-refractivity contribution in [2.75, 3.05) is 37.7 Å². The Kier molecular flexibility index (Phi) is 4.04. The zero-order valence-electron chi connectivity index (χ0n) is 17.0. The number of anilines is 1. The molecule has 0 saturated carbocycles. The quantitative estimate of drug-likeness (QED) is 0.511. The number of amides is 1. The second kappa shape index (κ2) is 6.60. The molecule has 31 heavy (non-hydrogen) atoms. The molecular formula is C20H19BN6O3S. The normalized spacial score (nSPS) is 19.3. The summed E-state index contributed by atoms with van der Waals surface area (Å²) in [5, 5.41) is 4.58. The summed E-state index contributed by atoms with van der Waals surface area (Å²) in [6.07, 6.45) is 0.783. The van der Waals surface area contributed by atoms with Gasteiger partial charge in [0.25, 0.3) is 11.5 Å². The molecule has 156 valence electrons. The first-order valence-electron chi connectivity index (χ1n) is 10.2. The van der Waals surface area contributed by atoms with Crippen LogP contribution in [0, 0.1) is 12.3 Å². The summed E-state index contributed by atoms with van der Waals surface area (Å²) in [5.74, 6) is 0.507. The number of rotatable bonds is 2. The first-order valence-corrected chi connectivity index (χ1v) is 11.0. The molecule has 1 amide bonds. The van der Waals surface area contributed by atoms with E-state index in [9.17, 15) is 9.59 Å². The predicted molar refractivity (Wildman–Crippen MR) is 115 cm³/mol. The summed E-state index contributed by atoms with van der Waals surface area (Å²) in [5.41, 5.74) is 2.23. The van der Waals surface area contributed by atoms with Crippen LogP contribution in [0.3, 0.4) is 0 Å². The van der Waals surface area contributed by atoms with Gasteiger partial charge in [-0.3, -0.25) is 14.6 Å². The number of hydrogen-bond acceptors (Lipinski definition) is 8. The number of ether oxygens (including phenoxy) is 1. The van der Waals surface area contributed by atoms with E-state index in [0.29, 0.717) is 43.4 Å². The Morgan fingerprint density at radius 3 is 2.81 bits per heavy atom. The lowest BCUT2D eigenvalue weighted by Crippen LogP contribution is -2.67. The molecule has 3 aliphatic rings. The van der Waals surface area contributed by atoms with Crippen LogP contribution in [0.5, 0.6) is 0 Å². The molecule has 1 spiro atoms. The van der Waals surface area contributed by atoms with Gasteiger partial charge in [0.05, 0.1) is 30.9 Å². The highest BCUT2D eigenvalue weighted by Gasteiger charge is 2.51. The molecule has 11 heteroatoms. The van der Waals surface area contributed by atoms with Crippen LogP contribution in [0.15, 0.2) is 16.9 Å². The van der Waals surface area contributed by atoms with Crippen LogP contribution in [-0.2, 0) is 17.7 Å². The first kappa shape index (κ1) is 18.9. The maximum atomic E-state index is 12.8. The SMILES string of the molecule is [B]c1nc2c(s1)CN(c1nn3c(=O)cc(C(=O)N4CC5(COC5)C4)nc3cc1C)CC2. The number of carbonyl (C=O) groups excluding carboxylic acids is 1. The lowest BCUT2D eigenvalue weighted by Gasteiger charge is -2.54. The third kappa shape index (κ3) is 2.98. The third-order valence-electron chi connectivity index (χ3n) is 6.24. The van der Waals surface area contributed by atoms with E-state index >= 15 is 0 Å². The molecule has 2 saturated heterocycles. The number of hydrogen-bond donors (Lipinski definition) is 0. The van der Waals surface area contributed by atoms with E-state index < -0.39 is 0 Å². The van der Waals surface area contributed by atoms with Crippen LogP contribution in [0.25, 0.3) is 5.65 Å². The van der Waals surface area contributed by atoms with Gasteiger partial charge in [-0.15, -0.1) is 16.4 Å². The van der Waals surface area contributed by atoms with E-state index in [1.807, 2.05) is 13.0 Å². The number of thiazole rings is 1. The summed E-state index contributed by atoms with van der Waals surface area (Å²) in [6, 6.07) is 3.09. The number of likely N-dealkylation sites (tertiary alicyclic amines) is 1. The van der Waals surface area contributed by atoms with Crippen LogP contribution in [-0.4, -0.2) is 71.1 Å². The Labute approximate surface area is 183 Å². The summed E-state index contributed by atoms with van der Waals surface area (Å²) < 4.78 is 6.53. The molecule has 3 aliphatic heterocycles. The monoisotopic (exact) mass is 434 g/mol. The van der Waals surface area contributed by atoms with Crippen LogP contribution >= 0.6 is 11.3 Å². The molecule has 0 N–H and O–H groups in total. The van der Waals surface area contributed by atoms with Gasteiger partial charge in [0.1, 0.15) is 5.69 Å². The Bertz CT molecular complexity index is 1290. The van der Waals surface area contributed by atoms with Gasteiger partial charge in [-0.05, 0) is 18.6 Å². The minimum Gasteiger partial charge on any atom is -0.380 e. The molecule has 0 unspecified atom stereocenters. The molecule has 6 heterocycles. The Balaban J connectivity index is 1.31. The number of fused-ring (bicyclic) bond motifs is 2. The van der Waals surface area contributed by atoms with Crippen LogP contribution in [0.4, 0.5) is 5.82 Å². The van der Waals surface area contributed by atoms with Crippen molar-refractivity contribution in [1.29, 1.82) is 0 Å². The predicted octanol–water partition coefficient (Wildman–Crippen LogP) is -0.317. The summed E-state index contributed by atoms with van der Waals surface area (Å²) in [7, 11) is 5.85. The van der Waals surface area contributed by atoms with E-state index in [1.165, 1.54) is 21.9 Å². The van der Waals surface area contributed by atoms with Crippen molar-refractivity contribution in [3.8, 4) is 0 Å². The van der Waals surface area contributed by atoms with Crippen molar-refractivity contribution >= 4 is 41.5 Å². The largest absolute Gasteiger partial charge is 0.380 e. The smallest absolute Gasteiger partial charge is 0.275 e. The van der Waals surface area contributed by atoms with Gasteiger partial charge >= 0.3 is 0 Å². The molecule has 6 rings (SSSR count). The van der Waals surface area contributed by atoms with Crippen molar-refractivity contribution in [1.82, 2.24) is 24.5 Å². The van der Waals surface area contributed by atoms with E-state index in [0.717, 1.165) is 34.9 Å². The van der Waals surface area contributed by atoms with E-state index in [1.54, 1.807) is 4.90 Å². The summed E-state index contributed by atoms with van der Waals surface area (Å²) >= 11 is 1.49. The van der Waals surface area contributed by atoms with E-state index in [2.05, 4.69) is 20.0 Å². The Morgan fingerprint density at radius 1 is 1.26 bits per heavy atom. The molecule has 2 radical (unpaired) electrons. The van der Waals surface area contributed by atoms with Gasteiger partial charge in [0.15, 0.2) is 19.3 Å². The standard InChI is InChI=1S/C20H19BN6O3S/c1-11-4-15-22-13(18(29)26-7-20(8-26)9-30-10-20)5-16(28)27(15)24-17(11)25-3-2-12-14(6-25)31-19(21)23-12/h4-5H,2-3,6-10H2,1H3. The zero-order valence-corrected chi connectivity index (χ0v) is 17.8. The fourth-order valence-electron chi connectivity index (χ4n) is 4.58. The Morgan fingerprint density at radius 2 is 2.06 bits per heavy atom. The minimum atomic E-state index is -0.364. The van der Waals surface area contributed by atoms with Gasteiger partial charge in [-0.1, -0.05) is 0 Å². The van der Waals surface area contributed by atoms with Crippen molar-refractivity contribution in [3.05, 3.63) is 44.3 Å². The Hall–Kier alpha value is -2.79. The maximum Gasteiger partial charge on any atom is 0.275 e.